The predicted octanol–water partition coefficient (Wildman–Crippen LogP) is 8.37. The SMILES string of the molecule is Fc1c(F)c(F)c(C=Nc2ccccc2Oc2ccccc2N=Cc2c(F)c(F)c(F)c(F)c2F)c(F)c1F. The highest BCUT2D eigenvalue weighted by Crippen LogP contribution is 2.37. The molecule has 39 heavy (non-hydrogen) atoms. The van der Waals surface area contributed by atoms with Crippen LogP contribution in [-0.4, -0.2) is 12.4 Å². The van der Waals surface area contributed by atoms with Crippen molar-refractivity contribution < 1.29 is 48.6 Å². The van der Waals surface area contributed by atoms with Crippen molar-refractivity contribution in [2.75, 3.05) is 0 Å². The fourth-order valence-corrected chi connectivity index (χ4v) is 3.16. The van der Waals surface area contributed by atoms with E-state index in [1.807, 2.05) is 0 Å². The molecule has 0 aliphatic carbocycles. The summed E-state index contributed by atoms with van der Waals surface area (Å²) in [6.45, 7) is 0. The molecule has 0 aliphatic heterocycles. The van der Waals surface area contributed by atoms with Crippen LogP contribution in [0.2, 0.25) is 0 Å². The van der Waals surface area contributed by atoms with E-state index < -0.39 is 69.3 Å². The molecule has 0 aromatic heterocycles. The van der Waals surface area contributed by atoms with Crippen molar-refractivity contribution >= 4 is 23.8 Å². The van der Waals surface area contributed by atoms with Crippen molar-refractivity contribution in [1.82, 2.24) is 0 Å². The fourth-order valence-electron chi connectivity index (χ4n) is 3.16. The van der Waals surface area contributed by atoms with Crippen LogP contribution in [0.5, 0.6) is 11.5 Å². The maximum atomic E-state index is 14.0. The predicted molar refractivity (Wildman–Crippen MR) is 120 cm³/mol. The van der Waals surface area contributed by atoms with Crippen LogP contribution in [-0.2, 0) is 0 Å². The lowest BCUT2D eigenvalue weighted by Gasteiger charge is -2.11. The number of aliphatic imine (C=N–C) groups is 2. The zero-order chi connectivity index (χ0) is 28.4. The molecule has 0 saturated heterocycles. The maximum Gasteiger partial charge on any atom is 0.200 e. The van der Waals surface area contributed by atoms with Crippen LogP contribution in [0.1, 0.15) is 11.1 Å². The minimum Gasteiger partial charge on any atom is -0.453 e. The first kappa shape index (κ1) is 27.4. The van der Waals surface area contributed by atoms with Crippen molar-refractivity contribution in [2.24, 2.45) is 9.98 Å². The Morgan fingerprint density at radius 3 is 1.03 bits per heavy atom. The number of halogens is 10. The molecule has 0 aliphatic rings. The molecular formula is C26H10F10N2O. The third-order valence-corrected chi connectivity index (χ3v) is 5.10. The van der Waals surface area contributed by atoms with Crippen molar-refractivity contribution in [3.8, 4) is 11.5 Å². The summed E-state index contributed by atoms with van der Waals surface area (Å²) < 4.78 is 142. The second kappa shape index (κ2) is 11.0. The molecule has 13 heteroatoms. The topological polar surface area (TPSA) is 34.0 Å². The van der Waals surface area contributed by atoms with Crippen LogP contribution in [0.25, 0.3) is 0 Å². The van der Waals surface area contributed by atoms with Crippen LogP contribution in [0.15, 0.2) is 58.5 Å². The lowest BCUT2D eigenvalue weighted by Crippen LogP contribution is -2.06. The molecular weight excluding hydrogens is 546 g/mol. The summed E-state index contributed by atoms with van der Waals surface area (Å²) in [4.78, 5) is 7.48. The smallest absolute Gasteiger partial charge is 0.200 e. The summed E-state index contributed by atoms with van der Waals surface area (Å²) in [5, 5.41) is 0. The molecule has 0 heterocycles. The summed E-state index contributed by atoms with van der Waals surface area (Å²) in [5.41, 5.74) is -2.93. The maximum absolute atomic E-state index is 14.0. The van der Waals surface area contributed by atoms with Gasteiger partial charge in [0, 0.05) is 12.4 Å². The van der Waals surface area contributed by atoms with Gasteiger partial charge in [0.15, 0.2) is 58.0 Å². The second-order valence-corrected chi connectivity index (χ2v) is 7.52. The molecule has 4 aromatic carbocycles. The molecule has 0 radical (unpaired) electrons. The molecule has 0 saturated carbocycles. The molecule has 0 atom stereocenters. The fraction of sp³-hybridized carbons (Fsp3) is 0. The largest absolute Gasteiger partial charge is 0.453 e. The summed E-state index contributed by atoms with van der Waals surface area (Å²) in [7, 11) is 0. The van der Waals surface area contributed by atoms with E-state index in [0.29, 0.717) is 12.4 Å². The molecule has 200 valence electrons. The van der Waals surface area contributed by atoms with Gasteiger partial charge in [0.2, 0.25) is 11.6 Å². The Morgan fingerprint density at radius 2 is 0.692 bits per heavy atom. The van der Waals surface area contributed by atoms with E-state index in [1.54, 1.807) is 0 Å². The first-order valence-corrected chi connectivity index (χ1v) is 10.5. The standard InChI is InChI=1S/C26H10F10N2O/c27-17-11(18(28)22(32)25(35)21(17)31)9-37-13-5-1-3-7-15(13)39-16-8-4-2-6-14(16)38-10-12-19(29)23(33)26(36)24(34)20(12)30/h1-10H. The van der Waals surface area contributed by atoms with Gasteiger partial charge in [-0.3, -0.25) is 9.98 Å². The Balaban J connectivity index is 1.69. The zero-order valence-corrected chi connectivity index (χ0v) is 18.9. The first-order chi connectivity index (χ1) is 18.5. The lowest BCUT2D eigenvalue weighted by molar-refractivity contribution is 0.377. The number of para-hydroxylation sites is 4. The lowest BCUT2D eigenvalue weighted by atomic mass is 10.2. The van der Waals surface area contributed by atoms with E-state index in [0.717, 1.165) is 0 Å². The monoisotopic (exact) mass is 556 g/mol. The molecule has 0 N–H and O–H groups in total. The molecule has 0 bridgehead atoms. The molecule has 4 aromatic rings. The van der Waals surface area contributed by atoms with Crippen LogP contribution >= 0.6 is 0 Å². The third kappa shape index (κ3) is 5.19. The van der Waals surface area contributed by atoms with Gasteiger partial charge in [-0.05, 0) is 24.3 Å². The Hall–Kier alpha value is -4.68. The minimum atomic E-state index is -2.34. The molecule has 0 unspecified atom stereocenters. The van der Waals surface area contributed by atoms with Gasteiger partial charge in [-0.2, -0.15) is 0 Å². The first-order valence-electron chi connectivity index (χ1n) is 10.5. The normalized spacial score (nSPS) is 11.6. The van der Waals surface area contributed by atoms with Crippen molar-refractivity contribution in [1.29, 1.82) is 0 Å². The van der Waals surface area contributed by atoms with Crippen molar-refractivity contribution in [3.05, 3.63) is 118 Å². The number of nitrogens with zero attached hydrogens (tertiary/aromatic N) is 2. The van der Waals surface area contributed by atoms with Gasteiger partial charge in [0.05, 0.1) is 11.1 Å². The van der Waals surface area contributed by atoms with E-state index in [-0.39, 0.29) is 22.9 Å². The van der Waals surface area contributed by atoms with Crippen LogP contribution in [0.3, 0.4) is 0 Å². The minimum absolute atomic E-state index is 0.128. The average Bonchev–Trinajstić information content (AvgIpc) is 2.94. The highest BCUT2D eigenvalue weighted by Gasteiger charge is 2.26. The summed E-state index contributed by atoms with van der Waals surface area (Å²) in [6, 6.07) is 10.8. The molecule has 0 spiro atoms. The van der Waals surface area contributed by atoms with Gasteiger partial charge in [-0.25, -0.2) is 43.9 Å². The Morgan fingerprint density at radius 1 is 0.410 bits per heavy atom. The summed E-state index contributed by atoms with van der Waals surface area (Å²) in [6.07, 6.45) is 0.789. The average molecular weight is 556 g/mol. The Bertz CT molecular complexity index is 1470. The van der Waals surface area contributed by atoms with E-state index in [1.165, 1.54) is 48.5 Å². The number of rotatable bonds is 6. The van der Waals surface area contributed by atoms with E-state index in [2.05, 4.69) is 9.98 Å². The third-order valence-electron chi connectivity index (χ3n) is 5.10. The van der Waals surface area contributed by atoms with E-state index in [9.17, 15) is 43.9 Å². The zero-order valence-electron chi connectivity index (χ0n) is 18.9. The van der Waals surface area contributed by atoms with Gasteiger partial charge in [-0.15, -0.1) is 0 Å². The van der Waals surface area contributed by atoms with Crippen LogP contribution in [0.4, 0.5) is 55.3 Å². The van der Waals surface area contributed by atoms with Crippen molar-refractivity contribution in [3.63, 3.8) is 0 Å². The number of benzene rings is 4. The molecule has 4 rings (SSSR count). The molecule has 0 amide bonds. The summed E-state index contributed by atoms with van der Waals surface area (Å²) >= 11 is 0. The van der Waals surface area contributed by atoms with Crippen LogP contribution in [0, 0.1) is 58.2 Å². The number of hydrogen-bond donors (Lipinski definition) is 0. The van der Waals surface area contributed by atoms with Gasteiger partial charge in [0.1, 0.15) is 11.4 Å². The van der Waals surface area contributed by atoms with Crippen LogP contribution < -0.4 is 4.74 Å². The van der Waals surface area contributed by atoms with Gasteiger partial charge < -0.3 is 4.74 Å². The quantitative estimate of drug-likeness (QED) is 0.102. The van der Waals surface area contributed by atoms with Crippen molar-refractivity contribution in [2.45, 2.75) is 0 Å². The van der Waals surface area contributed by atoms with Gasteiger partial charge >= 0.3 is 0 Å². The second-order valence-electron chi connectivity index (χ2n) is 7.52. The highest BCUT2D eigenvalue weighted by molar-refractivity contribution is 5.84. The number of ether oxygens (including phenoxy) is 1. The molecule has 3 nitrogen and oxygen atoms in total. The van der Waals surface area contributed by atoms with E-state index >= 15 is 0 Å². The Kier molecular flexibility index (Phi) is 7.70. The highest BCUT2D eigenvalue weighted by atomic mass is 19.2. The number of hydrogen-bond acceptors (Lipinski definition) is 3. The Labute approximate surface area is 212 Å². The van der Waals surface area contributed by atoms with Gasteiger partial charge in [0.25, 0.3) is 0 Å². The summed E-state index contributed by atoms with van der Waals surface area (Å²) in [5.74, 6) is -22.0. The van der Waals surface area contributed by atoms with Gasteiger partial charge in [-0.1, -0.05) is 24.3 Å². The van der Waals surface area contributed by atoms with E-state index in [4.69, 9.17) is 4.74 Å². The molecule has 0 fully saturated rings.